The van der Waals surface area contributed by atoms with Crippen LogP contribution in [0.3, 0.4) is 0 Å². The van der Waals surface area contributed by atoms with Crippen molar-refractivity contribution in [1.29, 1.82) is 0 Å². The Hall–Kier alpha value is -3.59. The van der Waals surface area contributed by atoms with Gasteiger partial charge in [0.25, 0.3) is 0 Å². The first-order valence-corrected chi connectivity index (χ1v) is 16.0. The predicted octanol–water partition coefficient (Wildman–Crippen LogP) is -1.01. The van der Waals surface area contributed by atoms with E-state index < -0.39 is 78.3 Å². The van der Waals surface area contributed by atoms with Crippen molar-refractivity contribution < 1.29 is 38.7 Å². The topological polar surface area (TPSA) is 252 Å². The van der Waals surface area contributed by atoms with Gasteiger partial charge in [-0.15, -0.1) is 0 Å². The van der Waals surface area contributed by atoms with Gasteiger partial charge in [0.15, 0.2) is 0 Å². The molecule has 0 rings (SSSR count). The number of aliphatic hydroxyl groups is 1. The number of amides is 6. The zero-order chi connectivity index (χ0) is 35.7. The first-order valence-electron chi connectivity index (χ1n) is 16.0. The van der Waals surface area contributed by atoms with Gasteiger partial charge in [0, 0.05) is 6.42 Å². The molecule has 0 radical (unpaired) electrons. The Balaban J connectivity index is 5.94. The second-order valence-corrected chi connectivity index (χ2v) is 13.0. The lowest BCUT2D eigenvalue weighted by Gasteiger charge is -2.29. The molecule has 0 bridgehead atoms. The highest BCUT2D eigenvalue weighted by Gasteiger charge is 2.34. The Kier molecular flexibility index (Phi) is 19.6. The lowest BCUT2D eigenvalue weighted by atomic mass is 9.96. The number of primary amides is 1. The molecule has 10 N–H and O–H groups in total. The molecule has 0 unspecified atom stereocenters. The molecule has 46 heavy (non-hydrogen) atoms. The summed E-state index contributed by atoms with van der Waals surface area (Å²) in [5.74, 6) is -4.84. The highest BCUT2D eigenvalue weighted by atomic mass is 16.3. The van der Waals surface area contributed by atoms with Crippen LogP contribution in [0, 0.1) is 23.7 Å². The van der Waals surface area contributed by atoms with Crippen molar-refractivity contribution in [3.63, 3.8) is 0 Å². The summed E-state index contributed by atoms with van der Waals surface area (Å²) < 4.78 is 0. The van der Waals surface area contributed by atoms with Crippen LogP contribution in [0.15, 0.2) is 0 Å². The van der Waals surface area contributed by atoms with Gasteiger partial charge in [0.2, 0.25) is 35.4 Å². The van der Waals surface area contributed by atoms with Crippen molar-refractivity contribution in [1.82, 2.24) is 26.6 Å². The van der Waals surface area contributed by atoms with E-state index in [4.69, 9.17) is 11.5 Å². The van der Waals surface area contributed by atoms with Gasteiger partial charge in [0.1, 0.15) is 30.5 Å². The standard InChI is InChI=1S/C31H57N7O8/c1-9-19(8)26(31(46)36-23(14-39)18(6)7)38-28(43)21(10-11-25(33)41)34-30(45)24(15-40)37-29(44)22(13-17(4)5)35-27(42)20(32)12-16(2)3/h14,16-24,26,40H,9-13,15,32H2,1-8H3,(H2,33,41)(H,34,45)(H,35,42)(H,36,46)(H,37,44)(H,38,43)/t19-,20-,21-,22-,23+,24-,26-/m0/s1. The molecule has 15 nitrogen and oxygen atoms in total. The predicted molar refractivity (Wildman–Crippen MR) is 172 cm³/mol. The lowest BCUT2D eigenvalue weighted by Crippen LogP contribution is -2.60. The van der Waals surface area contributed by atoms with Crippen molar-refractivity contribution in [3.05, 3.63) is 0 Å². The van der Waals surface area contributed by atoms with Crippen LogP contribution in [-0.4, -0.2) is 89.7 Å². The Morgan fingerprint density at radius 2 is 1.20 bits per heavy atom. The van der Waals surface area contributed by atoms with E-state index >= 15 is 0 Å². The number of nitrogens with two attached hydrogens (primary N) is 2. The first-order chi connectivity index (χ1) is 21.4. The van der Waals surface area contributed by atoms with E-state index in [9.17, 15) is 38.7 Å². The zero-order valence-corrected chi connectivity index (χ0v) is 28.6. The molecule has 0 aliphatic carbocycles. The van der Waals surface area contributed by atoms with Crippen LogP contribution in [-0.2, 0) is 33.6 Å². The minimum absolute atomic E-state index is 0.0290. The van der Waals surface area contributed by atoms with Gasteiger partial charge < -0.3 is 48.0 Å². The van der Waals surface area contributed by atoms with Gasteiger partial charge in [-0.25, -0.2) is 0 Å². The number of carbonyl (C=O) groups is 7. The minimum atomic E-state index is -1.53. The molecule has 0 saturated heterocycles. The maximum Gasteiger partial charge on any atom is 0.245 e. The number of hydrogen-bond acceptors (Lipinski definition) is 9. The number of nitrogens with one attached hydrogen (secondary N) is 5. The van der Waals surface area contributed by atoms with E-state index in [1.807, 2.05) is 34.6 Å². The summed E-state index contributed by atoms with van der Waals surface area (Å²) in [7, 11) is 0. The Morgan fingerprint density at radius 3 is 1.65 bits per heavy atom. The van der Waals surface area contributed by atoms with E-state index in [1.165, 1.54) is 0 Å². The van der Waals surface area contributed by atoms with Crippen molar-refractivity contribution in [2.75, 3.05) is 6.61 Å². The number of rotatable bonds is 22. The highest BCUT2D eigenvalue weighted by Crippen LogP contribution is 2.12. The summed E-state index contributed by atoms with van der Waals surface area (Å²) in [5.41, 5.74) is 11.3. The second kappa shape index (κ2) is 21.3. The monoisotopic (exact) mass is 655 g/mol. The third-order valence-corrected chi connectivity index (χ3v) is 7.50. The maximum absolute atomic E-state index is 13.4. The van der Waals surface area contributed by atoms with Crippen LogP contribution in [0.2, 0.25) is 0 Å². The minimum Gasteiger partial charge on any atom is -0.394 e. The molecular formula is C31H57N7O8. The van der Waals surface area contributed by atoms with Crippen molar-refractivity contribution in [2.24, 2.45) is 35.1 Å². The number of hydrogen-bond donors (Lipinski definition) is 8. The molecule has 6 amide bonds. The summed E-state index contributed by atoms with van der Waals surface area (Å²) in [4.78, 5) is 88.6. The van der Waals surface area contributed by atoms with Crippen molar-refractivity contribution >= 4 is 41.7 Å². The SMILES string of the molecule is CC[C@H](C)[C@H](NC(=O)[C@H](CCC(N)=O)NC(=O)[C@H](CO)NC(=O)[C@H](CC(C)C)NC(=O)[C@@H](N)CC(C)C)C(=O)N[C@H](C=O)C(C)C. The summed E-state index contributed by atoms with van der Waals surface area (Å²) >= 11 is 0. The fraction of sp³-hybridized carbons (Fsp3) is 0.774. The van der Waals surface area contributed by atoms with Crippen LogP contribution >= 0.6 is 0 Å². The normalized spacial score (nSPS) is 15.9. The van der Waals surface area contributed by atoms with Crippen LogP contribution in [0.4, 0.5) is 0 Å². The van der Waals surface area contributed by atoms with Crippen LogP contribution in [0.5, 0.6) is 0 Å². The fourth-order valence-corrected chi connectivity index (χ4v) is 4.46. The summed E-state index contributed by atoms with van der Waals surface area (Å²) in [6, 6.07) is -6.68. The van der Waals surface area contributed by atoms with Crippen LogP contribution < -0.4 is 38.1 Å². The van der Waals surface area contributed by atoms with Crippen LogP contribution in [0.1, 0.15) is 87.5 Å². The van der Waals surface area contributed by atoms with Gasteiger partial charge in [-0.05, 0) is 42.9 Å². The summed E-state index contributed by atoms with van der Waals surface area (Å²) in [6.07, 6.45) is 1.17. The van der Waals surface area contributed by atoms with Crippen molar-refractivity contribution in [2.45, 2.75) is 124 Å². The summed E-state index contributed by atoms with van der Waals surface area (Å²) in [5, 5.41) is 22.7. The molecular weight excluding hydrogens is 598 g/mol. The highest BCUT2D eigenvalue weighted by molar-refractivity contribution is 5.96. The molecule has 15 heteroatoms. The van der Waals surface area contributed by atoms with E-state index in [0.717, 1.165) is 0 Å². The molecule has 0 aromatic rings. The molecule has 264 valence electrons. The number of carbonyl (C=O) groups excluding carboxylic acids is 7. The molecule has 0 saturated carbocycles. The quantitative estimate of drug-likeness (QED) is 0.0664. The average Bonchev–Trinajstić information content (AvgIpc) is 2.96. The van der Waals surface area contributed by atoms with E-state index in [-0.39, 0.29) is 42.9 Å². The smallest absolute Gasteiger partial charge is 0.245 e. The third kappa shape index (κ3) is 15.6. The Bertz CT molecular complexity index is 1040. The third-order valence-electron chi connectivity index (χ3n) is 7.50. The lowest BCUT2D eigenvalue weighted by molar-refractivity contribution is -0.136. The Morgan fingerprint density at radius 1 is 0.696 bits per heavy atom. The van der Waals surface area contributed by atoms with E-state index in [1.54, 1.807) is 20.8 Å². The zero-order valence-electron chi connectivity index (χ0n) is 28.6. The molecule has 0 aromatic heterocycles. The maximum atomic E-state index is 13.4. The molecule has 0 fully saturated rings. The van der Waals surface area contributed by atoms with Gasteiger partial charge >= 0.3 is 0 Å². The number of aldehydes is 1. The van der Waals surface area contributed by atoms with Gasteiger partial charge in [-0.1, -0.05) is 61.8 Å². The molecule has 0 aromatic carbocycles. The first kappa shape index (κ1) is 42.4. The average molecular weight is 656 g/mol. The number of aliphatic hydroxyl groups excluding tert-OH is 1. The van der Waals surface area contributed by atoms with Gasteiger partial charge in [-0.2, -0.15) is 0 Å². The van der Waals surface area contributed by atoms with Gasteiger partial charge in [0.05, 0.1) is 18.7 Å². The largest absolute Gasteiger partial charge is 0.394 e. The van der Waals surface area contributed by atoms with Crippen molar-refractivity contribution in [3.8, 4) is 0 Å². The molecule has 7 atom stereocenters. The second-order valence-electron chi connectivity index (χ2n) is 13.0. The molecule has 0 spiro atoms. The van der Waals surface area contributed by atoms with Crippen LogP contribution in [0.25, 0.3) is 0 Å². The van der Waals surface area contributed by atoms with E-state index in [2.05, 4.69) is 26.6 Å². The molecule has 0 aliphatic heterocycles. The fourth-order valence-electron chi connectivity index (χ4n) is 4.46. The van der Waals surface area contributed by atoms with E-state index in [0.29, 0.717) is 19.1 Å². The molecule has 0 aliphatic rings. The molecule has 0 heterocycles. The van der Waals surface area contributed by atoms with Gasteiger partial charge in [-0.3, -0.25) is 28.8 Å². The summed E-state index contributed by atoms with van der Waals surface area (Å²) in [6.45, 7) is 13.7. The Labute approximate surface area is 272 Å².